The zero-order valence-corrected chi connectivity index (χ0v) is 12.9. The van der Waals surface area contributed by atoms with Crippen molar-refractivity contribution in [2.75, 3.05) is 33.2 Å². The van der Waals surface area contributed by atoms with Crippen LogP contribution in [0, 0.1) is 5.92 Å². The van der Waals surface area contributed by atoms with Gasteiger partial charge in [-0.25, -0.2) is 0 Å². The highest BCUT2D eigenvalue weighted by molar-refractivity contribution is 5.14. The zero-order valence-electron chi connectivity index (χ0n) is 12.9. The molecule has 19 heavy (non-hydrogen) atoms. The molecule has 0 aliphatic carbocycles. The minimum atomic E-state index is 0.746. The van der Waals surface area contributed by atoms with E-state index in [-0.39, 0.29) is 0 Å². The van der Waals surface area contributed by atoms with Gasteiger partial charge in [-0.05, 0) is 50.9 Å². The first kappa shape index (κ1) is 16.2. The van der Waals surface area contributed by atoms with Crippen LogP contribution in [-0.2, 0) is 6.42 Å². The molecule has 0 unspecified atom stereocenters. The molecule has 1 rings (SSSR count). The van der Waals surface area contributed by atoms with Crippen LogP contribution in [0.4, 0.5) is 0 Å². The fourth-order valence-electron chi connectivity index (χ4n) is 2.13. The summed E-state index contributed by atoms with van der Waals surface area (Å²) >= 11 is 0. The molecular weight excluding hydrogens is 232 g/mol. The van der Waals surface area contributed by atoms with E-state index in [9.17, 15) is 0 Å². The van der Waals surface area contributed by atoms with Crippen molar-refractivity contribution in [1.29, 1.82) is 0 Å². The van der Waals surface area contributed by atoms with Crippen molar-refractivity contribution in [3.8, 4) is 0 Å². The number of nitrogens with one attached hydrogen (secondary N) is 1. The second-order valence-corrected chi connectivity index (χ2v) is 5.84. The van der Waals surface area contributed by atoms with Crippen LogP contribution in [0.15, 0.2) is 30.3 Å². The standard InChI is InChI=1S/C17H30N2/c1-16(2)15-18-12-14-19(3)13-8-7-11-17-9-5-4-6-10-17/h4-6,9-10,16,18H,7-8,11-15H2,1-3H3. The van der Waals surface area contributed by atoms with Crippen molar-refractivity contribution in [2.24, 2.45) is 5.92 Å². The molecule has 0 aliphatic rings. The van der Waals surface area contributed by atoms with E-state index in [4.69, 9.17) is 0 Å². The monoisotopic (exact) mass is 262 g/mol. The van der Waals surface area contributed by atoms with Crippen molar-refractivity contribution >= 4 is 0 Å². The summed E-state index contributed by atoms with van der Waals surface area (Å²) in [7, 11) is 2.22. The van der Waals surface area contributed by atoms with Crippen LogP contribution in [0.5, 0.6) is 0 Å². The summed E-state index contributed by atoms with van der Waals surface area (Å²) in [6.45, 7) is 9.09. The van der Waals surface area contributed by atoms with E-state index in [1.165, 1.54) is 31.4 Å². The van der Waals surface area contributed by atoms with E-state index in [1.54, 1.807) is 0 Å². The van der Waals surface area contributed by atoms with Gasteiger partial charge >= 0.3 is 0 Å². The smallest absolute Gasteiger partial charge is 0.0104 e. The molecule has 1 aromatic rings. The van der Waals surface area contributed by atoms with Gasteiger partial charge in [0, 0.05) is 13.1 Å². The van der Waals surface area contributed by atoms with Crippen LogP contribution in [0.2, 0.25) is 0 Å². The molecule has 0 heterocycles. The number of likely N-dealkylation sites (N-methyl/N-ethyl adjacent to an activating group) is 1. The summed E-state index contributed by atoms with van der Waals surface area (Å²) in [6, 6.07) is 10.8. The lowest BCUT2D eigenvalue weighted by molar-refractivity contribution is 0.321. The van der Waals surface area contributed by atoms with E-state index in [2.05, 4.69) is 61.4 Å². The third-order valence-electron chi connectivity index (χ3n) is 3.32. The van der Waals surface area contributed by atoms with Gasteiger partial charge in [0.25, 0.3) is 0 Å². The van der Waals surface area contributed by atoms with Gasteiger partial charge in [-0.2, -0.15) is 0 Å². The highest BCUT2D eigenvalue weighted by Gasteiger charge is 1.99. The zero-order chi connectivity index (χ0) is 13.9. The van der Waals surface area contributed by atoms with Gasteiger partial charge in [0.05, 0.1) is 0 Å². The Hall–Kier alpha value is -0.860. The lowest BCUT2D eigenvalue weighted by Gasteiger charge is -2.17. The number of unbranched alkanes of at least 4 members (excludes halogenated alkanes) is 1. The molecule has 0 atom stereocenters. The molecule has 0 aromatic heterocycles. The first-order valence-corrected chi connectivity index (χ1v) is 7.61. The summed E-state index contributed by atoms with van der Waals surface area (Å²) in [4.78, 5) is 2.43. The number of hydrogen-bond donors (Lipinski definition) is 1. The summed E-state index contributed by atoms with van der Waals surface area (Å²) < 4.78 is 0. The molecule has 0 radical (unpaired) electrons. The SMILES string of the molecule is CC(C)CNCCN(C)CCCCc1ccccc1. The van der Waals surface area contributed by atoms with Crippen LogP contribution in [0.1, 0.15) is 32.3 Å². The van der Waals surface area contributed by atoms with Crippen molar-refractivity contribution in [3.63, 3.8) is 0 Å². The van der Waals surface area contributed by atoms with Gasteiger partial charge in [0.2, 0.25) is 0 Å². The Morgan fingerprint density at radius 3 is 2.47 bits per heavy atom. The molecule has 1 N–H and O–H groups in total. The largest absolute Gasteiger partial charge is 0.315 e. The summed E-state index contributed by atoms with van der Waals surface area (Å²) in [5.41, 5.74) is 1.46. The summed E-state index contributed by atoms with van der Waals surface area (Å²) in [6.07, 6.45) is 3.78. The maximum absolute atomic E-state index is 3.49. The number of benzene rings is 1. The quantitative estimate of drug-likeness (QED) is 0.652. The number of aryl methyl sites for hydroxylation is 1. The predicted octanol–water partition coefficient (Wildman–Crippen LogP) is 3.19. The topological polar surface area (TPSA) is 15.3 Å². The van der Waals surface area contributed by atoms with Gasteiger partial charge < -0.3 is 10.2 Å². The first-order chi connectivity index (χ1) is 9.18. The van der Waals surface area contributed by atoms with Crippen LogP contribution in [0.3, 0.4) is 0 Å². The maximum Gasteiger partial charge on any atom is 0.0104 e. The van der Waals surface area contributed by atoms with E-state index in [0.29, 0.717) is 0 Å². The first-order valence-electron chi connectivity index (χ1n) is 7.61. The molecule has 0 fully saturated rings. The van der Waals surface area contributed by atoms with Crippen molar-refractivity contribution in [3.05, 3.63) is 35.9 Å². The molecule has 0 spiro atoms. The van der Waals surface area contributed by atoms with Crippen LogP contribution < -0.4 is 5.32 Å². The lowest BCUT2D eigenvalue weighted by Crippen LogP contribution is -2.31. The molecule has 1 aromatic carbocycles. The Labute approximate surface area is 119 Å². The Balaban J connectivity index is 1.97. The van der Waals surface area contributed by atoms with Crippen LogP contribution >= 0.6 is 0 Å². The van der Waals surface area contributed by atoms with E-state index in [1.807, 2.05) is 0 Å². The summed E-state index contributed by atoms with van der Waals surface area (Å²) in [5.74, 6) is 0.746. The Kier molecular flexibility index (Phi) is 8.52. The molecule has 0 saturated carbocycles. The van der Waals surface area contributed by atoms with Crippen LogP contribution in [-0.4, -0.2) is 38.1 Å². The Bertz CT molecular complexity index is 308. The molecule has 0 bridgehead atoms. The average Bonchev–Trinajstić information content (AvgIpc) is 2.41. The fourth-order valence-corrected chi connectivity index (χ4v) is 2.13. The molecule has 0 aliphatic heterocycles. The van der Waals surface area contributed by atoms with E-state index >= 15 is 0 Å². The van der Waals surface area contributed by atoms with Gasteiger partial charge in [-0.3, -0.25) is 0 Å². The maximum atomic E-state index is 3.49. The highest BCUT2D eigenvalue weighted by Crippen LogP contribution is 2.04. The fraction of sp³-hybridized carbons (Fsp3) is 0.647. The summed E-state index contributed by atoms with van der Waals surface area (Å²) in [5, 5.41) is 3.49. The minimum Gasteiger partial charge on any atom is -0.315 e. The van der Waals surface area contributed by atoms with Gasteiger partial charge in [-0.1, -0.05) is 44.2 Å². The third kappa shape index (κ3) is 8.79. The molecule has 0 amide bonds. The van der Waals surface area contributed by atoms with E-state index < -0.39 is 0 Å². The molecule has 2 heteroatoms. The Morgan fingerprint density at radius 1 is 1.05 bits per heavy atom. The highest BCUT2D eigenvalue weighted by atomic mass is 15.1. The van der Waals surface area contributed by atoms with Crippen molar-refractivity contribution < 1.29 is 0 Å². The average molecular weight is 262 g/mol. The number of hydrogen-bond acceptors (Lipinski definition) is 2. The van der Waals surface area contributed by atoms with Gasteiger partial charge in [-0.15, -0.1) is 0 Å². The second-order valence-electron chi connectivity index (χ2n) is 5.84. The van der Waals surface area contributed by atoms with Gasteiger partial charge in [0.1, 0.15) is 0 Å². The number of nitrogens with zero attached hydrogens (tertiary/aromatic N) is 1. The molecular formula is C17H30N2. The molecule has 2 nitrogen and oxygen atoms in total. The third-order valence-corrected chi connectivity index (χ3v) is 3.32. The normalized spacial score (nSPS) is 11.4. The van der Waals surface area contributed by atoms with Crippen molar-refractivity contribution in [2.45, 2.75) is 33.1 Å². The predicted molar refractivity (Wildman–Crippen MR) is 84.6 cm³/mol. The van der Waals surface area contributed by atoms with Gasteiger partial charge in [0.15, 0.2) is 0 Å². The Morgan fingerprint density at radius 2 is 1.79 bits per heavy atom. The number of rotatable bonds is 10. The minimum absolute atomic E-state index is 0.746. The van der Waals surface area contributed by atoms with E-state index in [0.717, 1.165) is 25.6 Å². The lowest BCUT2D eigenvalue weighted by atomic mass is 10.1. The van der Waals surface area contributed by atoms with Crippen molar-refractivity contribution in [1.82, 2.24) is 10.2 Å². The van der Waals surface area contributed by atoms with Crippen LogP contribution in [0.25, 0.3) is 0 Å². The molecule has 0 saturated heterocycles. The second kappa shape index (κ2) is 9.99. The molecule has 108 valence electrons.